The van der Waals surface area contributed by atoms with E-state index in [1.54, 1.807) is 0 Å². The Morgan fingerprint density at radius 1 is 1.05 bits per heavy atom. The molecule has 0 heterocycles. The average Bonchev–Trinajstić information content (AvgIpc) is 2.41. The lowest BCUT2D eigenvalue weighted by Crippen LogP contribution is -2.15. The van der Waals surface area contributed by atoms with E-state index in [1.165, 1.54) is 22.3 Å². The second-order valence-electron chi connectivity index (χ2n) is 6.78. The highest BCUT2D eigenvalue weighted by Crippen LogP contribution is 2.27. The standard InChI is InChI=1S/C19H24BrN/c1-13-5-10-17(20)16(11-13)18(21)12-14-6-8-15(9-7-14)19(2,3)4/h5-11,18H,12,21H2,1-4H3. The highest BCUT2D eigenvalue weighted by atomic mass is 79.9. The maximum absolute atomic E-state index is 6.39. The molecule has 0 amide bonds. The minimum atomic E-state index is 0.0137. The summed E-state index contributed by atoms with van der Waals surface area (Å²) in [6.45, 7) is 8.80. The summed E-state index contributed by atoms with van der Waals surface area (Å²) in [7, 11) is 0. The van der Waals surface area contributed by atoms with Gasteiger partial charge in [0.05, 0.1) is 0 Å². The van der Waals surface area contributed by atoms with Crippen LogP contribution < -0.4 is 5.73 Å². The van der Waals surface area contributed by atoms with Gasteiger partial charge in [-0.1, -0.05) is 78.7 Å². The minimum absolute atomic E-state index is 0.0137. The first-order chi connectivity index (χ1) is 9.77. The Bertz CT molecular complexity index is 608. The van der Waals surface area contributed by atoms with E-state index in [0.717, 1.165) is 10.9 Å². The topological polar surface area (TPSA) is 26.0 Å². The third-order valence-electron chi connectivity index (χ3n) is 3.83. The number of rotatable bonds is 3. The molecule has 2 rings (SSSR count). The summed E-state index contributed by atoms with van der Waals surface area (Å²) < 4.78 is 1.09. The van der Waals surface area contributed by atoms with Crippen LogP contribution in [0.3, 0.4) is 0 Å². The van der Waals surface area contributed by atoms with E-state index in [0.29, 0.717) is 0 Å². The fourth-order valence-electron chi connectivity index (χ4n) is 2.45. The molecule has 0 bridgehead atoms. The van der Waals surface area contributed by atoms with Gasteiger partial charge in [-0.2, -0.15) is 0 Å². The SMILES string of the molecule is Cc1ccc(Br)c(C(N)Cc2ccc(C(C)(C)C)cc2)c1. The first-order valence-electron chi connectivity index (χ1n) is 7.38. The van der Waals surface area contributed by atoms with Crippen molar-refractivity contribution in [2.75, 3.05) is 0 Å². The molecule has 1 nitrogen and oxygen atoms in total. The number of aryl methyl sites for hydroxylation is 1. The van der Waals surface area contributed by atoms with Crippen molar-refractivity contribution in [3.05, 3.63) is 69.2 Å². The quantitative estimate of drug-likeness (QED) is 0.802. The molecule has 2 N–H and O–H groups in total. The molecular formula is C19H24BrN. The van der Waals surface area contributed by atoms with Crippen LogP contribution >= 0.6 is 15.9 Å². The molecule has 1 atom stereocenters. The third-order valence-corrected chi connectivity index (χ3v) is 4.55. The van der Waals surface area contributed by atoms with Gasteiger partial charge in [-0.3, -0.25) is 0 Å². The zero-order valence-electron chi connectivity index (χ0n) is 13.3. The summed E-state index contributed by atoms with van der Waals surface area (Å²) in [4.78, 5) is 0. The molecule has 0 aromatic heterocycles. The fourth-order valence-corrected chi connectivity index (χ4v) is 2.99. The van der Waals surface area contributed by atoms with E-state index in [-0.39, 0.29) is 11.5 Å². The summed E-state index contributed by atoms with van der Waals surface area (Å²) in [6.07, 6.45) is 0.854. The molecule has 0 spiro atoms. The summed E-state index contributed by atoms with van der Waals surface area (Å²) in [5, 5.41) is 0. The second-order valence-corrected chi connectivity index (χ2v) is 7.64. The summed E-state index contributed by atoms with van der Waals surface area (Å²) in [5.41, 5.74) is 11.6. The van der Waals surface area contributed by atoms with Crippen LogP contribution in [0.4, 0.5) is 0 Å². The van der Waals surface area contributed by atoms with Crippen LogP contribution in [0, 0.1) is 6.92 Å². The van der Waals surface area contributed by atoms with Gasteiger partial charge in [-0.15, -0.1) is 0 Å². The molecule has 0 aliphatic carbocycles. The van der Waals surface area contributed by atoms with Crippen molar-refractivity contribution in [1.82, 2.24) is 0 Å². The van der Waals surface area contributed by atoms with Gasteiger partial charge in [0, 0.05) is 10.5 Å². The zero-order chi connectivity index (χ0) is 15.6. The average molecular weight is 346 g/mol. The van der Waals surface area contributed by atoms with Crippen LogP contribution in [0.25, 0.3) is 0 Å². The Hall–Kier alpha value is -1.12. The predicted octanol–water partition coefficient (Wildman–Crippen LogP) is 5.30. The van der Waals surface area contributed by atoms with Gasteiger partial charge >= 0.3 is 0 Å². The molecule has 0 saturated carbocycles. The molecule has 1 unspecified atom stereocenters. The van der Waals surface area contributed by atoms with Crippen LogP contribution in [0.15, 0.2) is 46.9 Å². The summed E-state index contributed by atoms with van der Waals surface area (Å²) in [6, 6.07) is 15.2. The Kier molecular flexibility index (Phi) is 4.90. The van der Waals surface area contributed by atoms with E-state index in [2.05, 4.69) is 86.1 Å². The van der Waals surface area contributed by atoms with E-state index < -0.39 is 0 Å². The van der Waals surface area contributed by atoms with Gasteiger partial charge in [-0.25, -0.2) is 0 Å². The van der Waals surface area contributed by atoms with Gasteiger partial charge < -0.3 is 5.73 Å². The lowest BCUT2D eigenvalue weighted by Gasteiger charge is -2.20. The molecule has 0 aliphatic heterocycles. The molecule has 2 aromatic rings. The van der Waals surface area contributed by atoms with E-state index in [9.17, 15) is 0 Å². The monoisotopic (exact) mass is 345 g/mol. The Morgan fingerprint density at radius 3 is 2.24 bits per heavy atom. The van der Waals surface area contributed by atoms with Crippen molar-refractivity contribution in [3.63, 3.8) is 0 Å². The number of halogens is 1. The largest absolute Gasteiger partial charge is 0.324 e. The number of nitrogens with two attached hydrogens (primary N) is 1. The Morgan fingerprint density at radius 2 is 1.67 bits per heavy atom. The number of hydrogen-bond acceptors (Lipinski definition) is 1. The molecule has 2 heteroatoms. The van der Waals surface area contributed by atoms with Crippen molar-refractivity contribution in [2.24, 2.45) is 5.73 Å². The molecular weight excluding hydrogens is 322 g/mol. The van der Waals surface area contributed by atoms with Crippen LogP contribution in [0.5, 0.6) is 0 Å². The summed E-state index contributed by atoms with van der Waals surface area (Å²) >= 11 is 3.60. The molecule has 0 fully saturated rings. The van der Waals surface area contributed by atoms with Gasteiger partial charge in [0.2, 0.25) is 0 Å². The zero-order valence-corrected chi connectivity index (χ0v) is 14.9. The highest BCUT2D eigenvalue weighted by molar-refractivity contribution is 9.10. The molecule has 0 radical (unpaired) electrons. The van der Waals surface area contributed by atoms with Gasteiger partial charge in [0.15, 0.2) is 0 Å². The Labute approximate surface area is 136 Å². The van der Waals surface area contributed by atoms with Gasteiger partial charge in [-0.05, 0) is 41.5 Å². The fraction of sp³-hybridized carbons (Fsp3) is 0.368. The van der Waals surface area contributed by atoms with Gasteiger partial charge in [0.1, 0.15) is 0 Å². The van der Waals surface area contributed by atoms with Crippen molar-refractivity contribution < 1.29 is 0 Å². The van der Waals surface area contributed by atoms with Crippen LogP contribution in [0.1, 0.15) is 49.1 Å². The van der Waals surface area contributed by atoms with Crippen molar-refractivity contribution in [2.45, 2.75) is 45.6 Å². The van der Waals surface area contributed by atoms with Crippen molar-refractivity contribution >= 4 is 15.9 Å². The molecule has 0 saturated heterocycles. The van der Waals surface area contributed by atoms with E-state index in [1.807, 2.05) is 0 Å². The Balaban J connectivity index is 2.16. The van der Waals surface area contributed by atoms with E-state index >= 15 is 0 Å². The van der Waals surface area contributed by atoms with Crippen LogP contribution in [-0.4, -0.2) is 0 Å². The second kappa shape index (κ2) is 6.33. The first kappa shape index (κ1) is 16.3. The van der Waals surface area contributed by atoms with Crippen LogP contribution in [-0.2, 0) is 11.8 Å². The molecule has 0 aliphatic rings. The summed E-state index contributed by atoms with van der Waals surface area (Å²) in [5.74, 6) is 0. The first-order valence-corrected chi connectivity index (χ1v) is 8.18. The number of hydrogen-bond donors (Lipinski definition) is 1. The smallest absolute Gasteiger partial charge is 0.0347 e. The molecule has 112 valence electrons. The minimum Gasteiger partial charge on any atom is -0.324 e. The van der Waals surface area contributed by atoms with Crippen molar-refractivity contribution in [3.8, 4) is 0 Å². The lowest BCUT2D eigenvalue weighted by atomic mass is 9.86. The predicted molar refractivity (Wildman–Crippen MR) is 94.7 cm³/mol. The maximum atomic E-state index is 6.39. The third kappa shape index (κ3) is 4.18. The van der Waals surface area contributed by atoms with E-state index in [4.69, 9.17) is 5.73 Å². The highest BCUT2D eigenvalue weighted by Gasteiger charge is 2.14. The molecule has 21 heavy (non-hydrogen) atoms. The lowest BCUT2D eigenvalue weighted by molar-refractivity contribution is 0.589. The normalized spacial score (nSPS) is 13.2. The molecule has 2 aromatic carbocycles. The maximum Gasteiger partial charge on any atom is 0.0347 e. The van der Waals surface area contributed by atoms with Gasteiger partial charge in [0.25, 0.3) is 0 Å². The van der Waals surface area contributed by atoms with Crippen LogP contribution in [0.2, 0.25) is 0 Å². The van der Waals surface area contributed by atoms with Crippen molar-refractivity contribution in [1.29, 1.82) is 0 Å². The number of benzene rings is 2.